The molecule has 0 unspecified atom stereocenters. The van der Waals surface area contributed by atoms with Crippen LogP contribution in [-0.2, 0) is 6.42 Å². The molecule has 0 amide bonds. The van der Waals surface area contributed by atoms with Gasteiger partial charge in [-0.2, -0.15) is 0 Å². The normalized spacial score (nSPS) is 11.6. The van der Waals surface area contributed by atoms with Gasteiger partial charge in [0.25, 0.3) is 0 Å². The number of hydrogen-bond donors (Lipinski definition) is 0. The van der Waals surface area contributed by atoms with Gasteiger partial charge in [0.2, 0.25) is 0 Å². The molecule has 0 atom stereocenters. The highest BCUT2D eigenvalue weighted by atomic mass is 15.1. The SMILES string of the molecule is CC(C)c1cccc(C(C)C)c1-n1ccnc1-c1cccc(Cc2nc(-c3ccccc3)cc3ccccc23)c1. The lowest BCUT2D eigenvalue weighted by Gasteiger charge is -2.22. The second kappa shape index (κ2) is 10.9. The van der Waals surface area contributed by atoms with Crippen molar-refractivity contribution in [1.29, 1.82) is 0 Å². The topological polar surface area (TPSA) is 30.7 Å². The number of nitrogens with zero attached hydrogens (tertiary/aromatic N) is 3. The van der Waals surface area contributed by atoms with Crippen molar-refractivity contribution in [3.8, 4) is 28.3 Å². The summed E-state index contributed by atoms with van der Waals surface area (Å²) >= 11 is 0. The van der Waals surface area contributed by atoms with Gasteiger partial charge in [-0.25, -0.2) is 4.98 Å². The Balaban J connectivity index is 1.43. The van der Waals surface area contributed by atoms with Crippen LogP contribution in [0.2, 0.25) is 0 Å². The molecule has 4 aromatic carbocycles. The Bertz CT molecular complexity index is 1750. The molecule has 198 valence electrons. The van der Waals surface area contributed by atoms with Gasteiger partial charge >= 0.3 is 0 Å². The van der Waals surface area contributed by atoms with Crippen molar-refractivity contribution in [1.82, 2.24) is 14.5 Å². The van der Waals surface area contributed by atoms with Crippen molar-refractivity contribution in [2.24, 2.45) is 0 Å². The van der Waals surface area contributed by atoms with Gasteiger partial charge in [0.05, 0.1) is 17.1 Å². The number of aromatic nitrogens is 3. The number of benzene rings is 4. The molecule has 3 heteroatoms. The average molecular weight is 522 g/mol. The predicted molar refractivity (Wildman–Crippen MR) is 167 cm³/mol. The van der Waals surface area contributed by atoms with Crippen LogP contribution in [0.15, 0.2) is 116 Å². The molecular weight excluding hydrogens is 486 g/mol. The molecule has 0 aliphatic carbocycles. The van der Waals surface area contributed by atoms with Crippen LogP contribution in [-0.4, -0.2) is 14.5 Å². The van der Waals surface area contributed by atoms with Crippen LogP contribution < -0.4 is 0 Å². The minimum Gasteiger partial charge on any atom is -0.299 e. The Morgan fingerprint density at radius 2 is 1.35 bits per heavy atom. The third-order valence-corrected chi connectivity index (χ3v) is 7.67. The molecule has 0 saturated carbocycles. The fourth-order valence-corrected chi connectivity index (χ4v) is 5.66. The van der Waals surface area contributed by atoms with Crippen molar-refractivity contribution < 1.29 is 0 Å². The molecule has 6 rings (SSSR count). The second-order valence-electron chi connectivity index (χ2n) is 11.1. The summed E-state index contributed by atoms with van der Waals surface area (Å²) in [6, 6.07) is 36.7. The molecule has 2 aromatic heterocycles. The highest BCUT2D eigenvalue weighted by Gasteiger charge is 2.19. The van der Waals surface area contributed by atoms with Crippen molar-refractivity contribution in [3.05, 3.63) is 138 Å². The Hall–Kier alpha value is -4.50. The first-order valence-corrected chi connectivity index (χ1v) is 14.2. The predicted octanol–water partition coefficient (Wildman–Crippen LogP) is 9.59. The van der Waals surface area contributed by atoms with Gasteiger partial charge < -0.3 is 0 Å². The molecule has 0 N–H and O–H groups in total. The molecular formula is C37H35N3. The summed E-state index contributed by atoms with van der Waals surface area (Å²) in [6.07, 6.45) is 4.77. The first-order valence-electron chi connectivity index (χ1n) is 14.2. The number of fused-ring (bicyclic) bond motifs is 1. The summed E-state index contributed by atoms with van der Waals surface area (Å²) < 4.78 is 2.29. The van der Waals surface area contributed by atoms with E-state index in [1.54, 1.807) is 0 Å². The Kier molecular flexibility index (Phi) is 7.04. The van der Waals surface area contributed by atoms with Gasteiger partial charge in [-0.15, -0.1) is 0 Å². The molecule has 0 bridgehead atoms. The van der Waals surface area contributed by atoms with Crippen LogP contribution in [0.25, 0.3) is 39.1 Å². The van der Waals surface area contributed by atoms with E-state index in [0.29, 0.717) is 11.8 Å². The lowest BCUT2D eigenvalue weighted by atomic mass is 9.92. The Morgan fingerprint density at radius 3 is 2.10 bits per heavy atom. The molecule has 0 aliphatic rings. The molecule has 0 spiro atoms. The molecule has 3 nitrogen and oxygen atoms in total. The van der Waals surface area contributed by atoms with Gasteiger partial charge in [0.15, 0.2) is 0 Å². The summed E-state index contributed by atoms with van der Waals surface area (Å²) in [4.78, 5) is 10.0. The van der Waals surface area contributed by atoms with Gasteiger partial charge in [-0.05, 0) is 46.0 Å². The maximum absolute atomic E-state index is 5.17. The minimum atomic E-state index is 0.409. The third kappa shape index (κ3) is 4.96. The fourth-order valence-electron chi connectivity index (χ4n) is 5.66. The standard InChI is InChI=1S/C37H35N3/c1-25(2)31-18-11-19-32(26(3)4)36(31)40-21-20-38-37(40)30-16-10-12-27(22-30)23-35-33-17-9-8-15-29(33)24-34(39-35)28-13-6-5-7-14-28/h5-22,24-26H,23H2,1-4H3. The van der Waals surface area contributed by atoms with E-state index in [0.717, 1.165) is 34.8 Å². The number of pyridine rings is 1. The number of hydrogen-bond acceptors (Lipinski definition) is 2. The Morgan fingerprint density at radius 1 is 0.675 bits per heavy atom. The zero-order valence-electron chi connectivity index (χ0n) is 23.7. The van der Waals surface area contributed by atoms with Gasteiger partial charge in [0.1, 0.15) is 5.82 Å². The molecule has 0 fully saturated rings. The number of imidazole rings is 1. The van der Waals surface area contributed by atoms with Crippen LogP contribution in [0, 0.1) is 0 Å². The monoisotopic (exact) mass is 521 g/mol. The molecule has 2 heterocycles. The quantitative estimate of drug-likeness (QED) is 0.209. The van der Waals surface area contributed by atoms with Crippen LogP contribution >= 0.6 is 0 Å². The van der Waals surface area contributed by atoms with Crippen molar-refractivity contribution in [2.75, 3.05) is 0 Å². The first kappa shape index (κ1) is 25.8. The fraction of sp³-hybridized carbons (Fsp3) is 0.189. The van der Waals surface area contributed by atoms with Crippen molar-refractivity contribution in [2.45, 2.75) is 46.0 Å². The van der Waals surface area contributed by atoms with E-state index in [2.05, 4.69) is 136 Å². The van der Waals surface area contributed by atoms with Crippen LogP contribution in [0.5, 0.6) is 0 Å². The van der Waals surface area contributed by atoms with E-state index in [4.69, 9.17) is 9.97 Å². The van der Waals surface area contributed by atoms with Crippen molar-refractivity contribution in [3.63, 3.8) is 0 Å². The first-order chi connectivity index (χ1) is 19.5. The number of rotatable bonds is 7. The van der Waals surface area contributed by atoms with Gasteiger partial charge in [0, 0.05) is 35.3 Å². The zero-order chi connectivity index (χ0) is 27.6. The van der Waals surface area contributed by atoms with E-state index in [1.807, 2.05) is 12.3 Å². The van der Waals surface area contributed by atoms with E-state index in [-0.39, 0.29) is 0 Å². The molecule has 0 saturated heterocycles. The Labute approximate surface area is 237 Å². The van der Waals surface area contributed by atoms with Crippen LogP contribution in [0.3, 0.4) is 0 Å². The summed E-state index contributed by atoms with van der Waals surface area (Å²) in [5, 5.41) is 2.41. The van der Waals surface area contributed by atoms with Crippen LogP contribution in [0.1, 0.15) is 61.9 Å². The van der Waals surface area contributed by atoms with E-state index >= 15 is 0 Å². The van der Waals surface area contributed by atoms with E-state index in [9.17, 15) is 0 Å². The summed E-state index contributed by atoms with van der Waals surface area (Å²) in [6.45, 7) is 9.06. The van der Waals surface area contributed by atoms with Crippen LogP contribution in [0.4, 0.5) is 0 Å². The number of para-hydroxylation sites is 1. The highest BCUT2D eigenvalue weighted by Crippen LogP contribution is 2.34. The van der Waals surface area contributed by atoms with Gasteiger partial charge in [-0.1, -0.05) is 119 Å². The molecule has 6 aromatic rings. The molecule has 0 aliphatic heterocycles. The van der Waals surface area contributed by atoms with Crippen molar-refractivity contribution >= 4 is 10.8 Å². The summed E-state index contributed by atoms with van der Waals surface area (Å²) in [7, 11) is 0. The summed E-state index contributed by atoms with van der Waals surface area (Å²) in [5.41, 5.74) is 9.50. The zero-order valence-corrected chi connectivity index (χ0v) is 23.7. The van der Waals surface area contributed by atoms with Gasteiger partial charge in [-0.3, -0.25) is 9.55 Å². The van der Waals surface area contributed by atoms with E-state index < -0.39 is 0 Å². The second-order valence-corrected chi connectivity index (χ2v) is 11.1. The lowest BCUT2D eigenvalue weighted by molar-refractivity contribution is 0.806. The summed E-state index contributed by atoms with van der Waals surface area (Å²) in [5.74, 6) is 1.78. The maximum atomic E-state index is 5.17. The molecule has 40 heavy (non-hydrogen) atoms. The average Bonchev–Trinajstić information content (AvgIpc) is 3.47. The van der Waals surface area contributed by atoms with E-state index in [1.165, 1.54) is 33.2 Å². The third-order valence-electron chi connectivity index (χ3n) is 7.67. The molecule has 0 radical (unpaired) electrons. The minimum absolute atomic E-state index is 0.409. The largest absolute Gasteiger partial charge is 0.299 e. The highest BCUT2D eigenvalue weighted by molar-refractivity contribution is 5.88. The maximum Gasteiger partial charge on any atom is 0.144 e. The lowest BCUT2D eigenvalue weighted by Crippen LogP contribution is -2.08. The smallest absolute Gasteiger partial charge is 0.144 e.